The predicted molar refractivity (Wildman–Crippen MR) is 165 cm³/mol. The van der Waals surface area contributed by atoms with Gasteiger partial charge in [-0.15, -0.1) is 12.4 Å². The monoisotopic (exact) mass is 600 g/mol. The molecule has 0 aliphatic heterocycles. The molecule has 0 aromatic heterocycles. The fourth-order valence-electron chi connectivity index (χ4n) is 4.24. The van der Waals surface area contributed by atoms with Gasteiger partial charge in [-0.3, -0.25) is 0 Å². The van der Waals surface area contributed by atoms with Crippen LogP contribution in [0.5, 0.6) is 23.0 Å². The number of rotatable bonds is 15. The minimum atomic E-state index is -3.28. The topological polar surface area (TPSA) is 120 Å². The van der Waals surface area contributed by atoms with Crippen molar-refractivity contribution in [3.8, 4) is 34.1 Å². The second-order valence-electron chi connectivity index (χ2n) is 9.43. The number of halogens is 1. The molecule has 0 aliphatic carbocycles. The van der Waals surface area contributed by atoms with Crippen LogP contribution in [0.1, 0.15) is 12.8 Å². The van der Waals surface area contributed by atoms with Crippen LogP contribution < -0.4 is 20.5 Å². The highest BCUT2D eigenvalue weighted by molar-refractivity contribution is 7.90. The first kappa shape index (κ1) is 32.2. The number of nitrogens with one attached hydrogen (secondary N) is 1. The number of phenols is 1. The Labute approximate surface area is 247 Å². The molecular weight excluding hydrogens is 564 g/mol. The van der Waals surface area contributed by atoms with Crippen molar-refractivity contribution in [2.75, 3.05) is 45.7 Å². The molecule has 0 heterocycles. The first-order chi connectivity index (χ1) is 19.3. The highest BCUT2D eigenvalue weighted by Gasteiger charge is 2.13. The van der Waals surface area contributed by atoms with Gasteiger partial charge in [0.15, 0.2) is 21.3 Å². The Morgan fingerprint density at radius 1 is 0.805 bits per heavy atom. The minimum Gasteiger partial charge on any atom is -0.508 e. The van der Waals surface area contributed by atoms with Gasteiger partial charge in [0.2, 0.25) is 0 Å². The van der Waals surface area contributed by atoms with E-state index in [2.05, 4.69) is 5.32 Å². The van der Waals surface area contributed by atoms with Crippen molar-refractivity contribution in [1.82, 2.24) is 5.32 Å². The molecule has 4 N–H and O–H groups in total. The number of hydrogen-bond acceptors (Lipinski definition) is 8. The summed E-state index contributed by atoms with van der Waals surface area (Å²) < 4.78 is 41.4. The van der Waals surface area contributed by atoms with Crippen molar-refractivity contribution in [2.24, 2.45) is 5.73 Å². The first-order valence-corrected chi connectivity index (χ1v) is 15.2. The predicted octanol–water partition coefficient (Wildman–Crippen LogP) is 5.55. The maximum Gasteiger partial charge on any atom is 0.175 e. The van der Waals surface area contributed by atoms with Gasteiger partial charge in [0.05, 0.1) is 11.5 Å². The average molecular weight is 601 g/mol. The lowest BCUT2D eigenvalue weighted by atomic mass is 10.0. The minimum absolute atomic E-state index is 0. The summed E-state index contributed by atoms with van der Waals surface area (Å²) in [7, 11) is -3.28. The summed E-state index contributed by atoms with van der Waals surface area (Å²) in [5.74, 6) is 1.71. The molecule has 0 atom stereocenters. The number of nitrogens with two attached hydrogens (primary N) is 1. The van der Waals surface area contributed by atoms with E-state index in [4.69, 9.17) is 19.9 Å². The second-order valence-corrected chi connectivity index (χ2v) is 11.4. The van der Waals surface area contributed by atoms with Gasteiger partial charge in [0.1, 0.15) is 18.1 Å². The molecule has 41 heavy (non-hydrogen) atoms. The first-order valence-electron chi connectivity index (χ1n) is 13.3. The Balaban J connectivity index is 0.00000462. The molecule has 0 bridgehead atoms. The largest absolute Gasteiger partial charge is 0.508 e. The fraction of sp³-hybridized carbons (Fsp3) is 0.290. The van der Waals surface area contributed by atoms with Crippen LogP contribution in [0.4, 0.5) is 0 Å². The van der Waals surface area contributed by atoms with E-state index in [-0.39, 0.29) is 23.1 Å². The lowest BCUT2D eigenvalue weighted by Crippen LogP contribution is -2.22. The molecule has 0 radical (unpaired) electrons. The number of fused-ring (bicyclic) bond motifs is 1. The SMILES string of the molecule is CS(=O)(=O)c1ccc(-c2ccc3cc(O)cc(Oc4ccccc4OCCNCCCCOCCN)c3c2)cc1.Cl. The van der Waals surface area contributed by atoms with E-state index < -0.39 is 9.84 Å². The van der Waals surface area contributed by atoms with E-state index in [9.17, 15) is 13.5 Å². The molecule has 0 fully saturated rings. The molecule has 4 rings (SSSR count). The highest BCUT2D eigenvalue weighted by Crippen LogP contribution is 2.39. The van der Waals surface area contributed by atoms with Crippen molar-refractivity contribution >= 4 is 33.0 Å². The standard InChI is InChI=1S/C31H36N2O6S.ClH/c1-40(35,36)27-12-10-23(11-13-27)24-8-9-25-20-26(34)22-31(28(25)21-24)39-30-7-3-2-6-29(30)38-19-16-33-15-4-5-17-37-18-14-32;/h2-3,6-13,20-22,33-34H,4-5,14-19,32H2,1H3;1H. The molecule has 0 unspecified atom stereocenters. The summed E-state index contributed by atoms with van der Waals surface area (Å²) in [6.45, 7) is 3.91. The van der Waals surface area contributed by atoms with Gasteiger partial charge in [-0.1, -0.05) is 36.4 Å². The van der Waals surface area contributed by atoms with Crippen LogP contribution in [0.3, 0.4) is 0 Å². The maximum atomic E-state index is 11.8. The highest BCUT2D eigenvalue weighted by atomic mass is 35.5. The molecular formula is C31H37ClN2O6S. The fourth-order valence-corrected chi connectivity index (χ4v) is 4.87. The van der Waals surface area contributed by atoms with E-state index in [0.29, 0.717) is 43.6 Å². The van der Waals surface area contributed by atoms with Gasteiger partial charge >= 0.3 is 0 Å². The van der Waals surface area contributed by atoms with Crippen LogP contribution in [0, 0.1) is 0 Å². The maximum absolute atomic E-state index is 11.8. The lowest BCUT2D eigenvalue weighted by Gasteiger charge is -2.15. The van der Waals surface area contributed by atoms with E-state index in [1.165, 1.54) is 6.26 Å². The molecule has 10 heteroatoms. The number of phenolic OH excluding ortho intramolecular Hbond substituents is 1. The Kier molecular flexibility index (Phi) is 12.2. The normalized spacial score (nSPS) is 11.3. The second kappa shape index (κ2) is 15.6. The van der Waals surface area contributed by atoms with E-state index >= 15 is 0 Å². The van der Waals surface area contributed by atoms with Crippen LogP contribution >= 0.6 is 12.4 Å². The summed E-state index contributed by atoms with van der Waals surface area (Å²) in [6, 6.07) is 23.3. The summed E-state index contributed by atoms with van der Waals surface area (Å²) in [5, 5.41) is 15.3. The Hall–Kier alpha value is -3.34. The van der Waals surface area contributed by atoms with Gasteiger partial charge in [-0.05, 0) is 72.3 Å². The Morgan fingerprint density at radius 2 is 1.54 bits per heavy atom. The van der Waals surface area contributed by atoms with Gasteiger partial charge in [0, 0.05) is 37.4 Å². The molecule has 220 valence electrons. The third-order valence-corrected chi connectivity index (χ3v) is 7.41. The number of benzene rings is 4. The molecule has 0 aliphatic rings. The van der Waals surface area contributed by atoms with Gasteiger partial charge in [-0.25, -0.2) is 8.42 Å². The number of ether oxygens (including phenoxy) is 3. The Bertz CT molecular complexity index is 1510. The van der Waals surface area contributed by atoms with Crippen LogP contribution in [0.15, 0.2) is 83.8 Å². The lowest BCUT2D eigenvalue weighted by molar-refractivity contribution is 0.137. The van der Waals surface area contributed by atoms with E-state index in [1.54, 1.807) is 36.4 Å². The third-order valence-electron chi connectivity index (χ3n) is 6.28. The third kappa shape index (κ3) is 9.34. The number of aromatic hydroxyl groups is 1. The summed E-state index contributed by atoms with van der Waals surface area (Å²) >= 11 is 0. The van der Waals surface area contributed by atoms with Crippen LogP contribution in [-0.4, -0.2) is 59.2 Å². The zero-order chi connectivity index (χ0) is 28.4. The van der Waals surface area contributed by atoms with E-state index in [1.807, 2.05) is 42.5 Å². The van der Waals surface area contributed by atoms with Crippen molar-refractivity contribution in [3.63, 3.8) is 0 Å². The summed E-state index contributed by atoms with van der Waals surface area (Å²) in [4.78, 5) is 0.269. The van der Waals surface area contributed by atoms with Crippen LogP contribution in [-0.2, 0) is 14.6 Å². The van der Waals surface area contributed by atoms with E-state index in [0.717, 1.165) is 47.9 Å². The van der Waals surface area contributed by atoms with Gasteiger partial charge in [0.25, 0.3) is 0 Å². The quantitative estimate of drug-likeness (QED) is 0.152. The number of unbranched alkanes of at least 4 members (excludes halogenated alkanes) is 1. The van der Waals surface area contributed by atoms with Gasteiger partial charge in [-0.2, -0.15) is 0 Å². The smallest absolute Gasteiger partial charge is 0.175 e. The molecule has 0 amide bonds. The van der Waals surface area contributed by atoms with Crippen molar-refractivity contribution in [2.45, 2.75) is 17.7 Å². The van der Waals surface area contributed by atoms with Crippen LogP contribution in [0.25, 0.3) is 21.9 Å². The van der Waals surface area contributed by atoms with Crippen molar-refractivity contribution in [1.29, 1.82) is 0 Å². The zero-order valence-corrected chi connectivity index (χ0v) is 24.7. The number of sulfone groups is 1. The molecule has 8 nitrogen and oxygen atoms in total. The summed E-state index contributed by atoms with van der Waals surface area (Å²) in [5.41, 5.74) is 7.17. The molecule has 0 saturated heterocycles. The number of para-hydroxylation sites is 2. The van der Waals surface area contributed by atoms with Crippen LogP contribution in [0.2, 0.25) is 0 Å². The van der Waals surface area contributed by atoms with Crippen molar-refractivity contribution < 1.29 is 27.7 Å². The number of hydrogen-bond donors (Lipinski definition) is 3. The molecule has 4 aromatic rings. The zero-order valence-electron chi connectivity index (χ0n) is 23.0. The molecule has 0 spiro atoms. The van der Waals surface area contributed by atoms with Crippen molar-refractivity contribution in [3.05, 3.63) is 78.9 Å². The summed E-state index contributed by atoms with van der Waals surface area (Å²) in [6.07, 6.45) is 3.18. The molecule has 0 saturated carbocycles. The Morgan fingerprint density at radius 3 is 2.27 bits per heavy atom. The molecule has 4 aromatic carbocycles. The average Bonchev–Trinajstić information content (AvgIpc) is 2.94. The van der Waals surface area contributed by atoms with Gasteiger partial charge < -0.3 is 30.4 Å².